The first-order valence-electron chi connectivity index (χ1n) is 7.09. The minimum atomic E-state index is 0.330. The average molecular weight is 258 g/mol. The quantitative estimate of drug-likeness (QED) is 0.838. The molecule has 19 heavy (non-hydrogen) atoms. The van der Waals surface area contributed by atoms with Crippen molar-refractivity contribution in [3.8, 4) is 0 Å². The molecule has 0 aliphatic carbocycles. The van der Waals surface area contributed by atoms with Crippen LogP contribution in [0.2, 0.25) is 0 Å². The topological polar surface area (TPSA) is 38.9 Å². The van der Waals surface area contributed by atoms with Gasteiger partial charge in [-0.1, -0.05) is 52.8 Å². The van der Waals surface area contributed by atoms with E-state index in [2.05, 4.69) is 31.8 Å². The Labute approximate surface area is 117 Å². The highest BCUT2D eigenvalue weighted by atomic mass is 14.7. The van der Waals surface area contributed by atoms with Crippen LogP contribution in [-0.4, -0.2) is 4.98 Å². The number of para-hydroxylation sites is 1. The lowest BCUT2D eigenvalue weighted by molar-refractivity contribution is 0.379. The number of hydrogen-bond acceptors (Lipinski definition) is 2. The van der Waals surface area contributed by atoms with Gasteiger partial charge in [0.2, 0.25) is 0 Å². The molecule has 0 aliphatic rings. The third-order valence-electron chi connectivity index (χ3n) is 3.05. The van der Waals surface area contributed by atoms with E-state index in [0.717, 1.165) is 24.0 Å². The molecule has 0 saturated heterocycles. The largest absolute Gasteiger partial charge is 0.397 e. The number of hydrogen-bond donors (Lipinski definition) is 1. The SMILES string of the molecule is CC.CC(C)(C)CCc1c(N)cnc2ccccc12. The van der Waals surface area contributed by atoms with Crippen LogP contribution in [0.15, 0.2) is 30.5 Å². The Hall–Kier alpha value is -1.57. The Morgan fingerprint density at radius 2 is 1.74 bits per heavy atom. The lowest BCUT2D eigenvalue weighted by Gasteiger charge is -2.19. The first-order chi connectivity index (χ1) is 8.97. The molecule has 1 aromatic carbocycles. The fourth-order valence-electron chi connectivity index (χ4n) is 1.99. The van der Waals surface area contributed by atoms with E-state index in [0.29, 0.717) is 5.41 Å². The summed E-state index contributed by atoms with van der Waals surface area (Å²) in [5, 5.41) is 1.19. The molecule has 1 heterocycles. The molecule has 0 amide bonds. The van der Waals surface area contributed by atoms with Crippen LogP contribution < -0.4 is 5.73 Å². The predicted molar refractivity (Wildman–Crippen MR) is 85.3 cm³/mol. The van der Waals surface area contributed by atoms with Gasteiger partial charge in [-0.05, 0) is 29.9 Å². The number of nitrogen functional groups attached to an aromatic ring is 1. The van der Waals surface area contributed by atoms with Gasteiger partial charge in [-0.15, -0.1) is 0 Å². The molecule has 104 valence electrons. The molecule has 0 saturated carbocycles. The van der Waals surface area contributed by atoms with Crippen LogP contribution in [0.25, 0.3) is 10.9 Å². The minimum absolute atomic E-state index is 0.330. The molecule has 2 heteroatoms. The Morgan fingerprint density at radius 3 is 2.37 bits per heavy atom. The number of pyridine rings is 1. The number of benzene rings is 1. The van der Waals surface area contributed by atoms with Crippen LogP contribution in [0.5, 0.6) is 0 Å². The van der Waals surface area contributed by atoms with Gasteiger partial charge in [0.25, 0.3) is 0 Å². The third kappa shape index (κ3) is 4.23. The Morgan fingerprint density at radius 1 is 1.11 bits per heavy atom. The predicted octanol–water partition coefficient (Wildman–Crippen LogP) is 4.82. The minimum Gasteiger partial charge on any atom is -0.397 e. The van der Waals surface area contributed by atoms with Crippen LogP contribution in [-0.2, 0) is 6.42 Å². The molecule has 2 nitrogen and oxygen atoms in total. The highest BCUT2D eigenvalue weighted by molar-refractivity contribution is 5.85. The molecule has 0 bridgehead atoms. The number of aryl methyl sites for hydroxylation is 1. The maximum absolute atomic E-state index is 6.05. The summed E-state index contributed by atoms with van der Waals surface area (Å²) in [6.45, 7) is 10.8. The molecule has 2 rings (SSSR count). The smallest absolute Gasteiger partial charge is 0.0706 e. The number of anilines is 1. The maximum Gasteiger partial charge on any atom is 0.0706 e. The number of fused-ring (bicyclic) bond motifs is 1. The average Bonchev–Trinajstić information content (AvgIpc) is 2.39. The van der Waals surface area contributed by atoms with Gasteiger partial charge in [-0.3, -0.25) is 4.98 Å². The summed E-state index contributed by atoms with van der Waals surface area (Å²) >= 11 is 0. The molecular weight excluding hydrogens is 232 g/mol. The highest BCUT2D eigenvalue weighted by Gasteiger charge is 2.13. The van der Waals surface area contributed by atoms with Gasteiger partial charge in [0.05, 0.1) is 17.4 Å². The Kier molecular flexibility index (Phi) is 5.34. The molecule has 0 aliphatic heterocycles. The van der Waals surface area contributed by atoms with Crippen LogP contribution in [0.1, 0.15) is 46.6 Å². The Bertz CT molecular complexity index is 524. The van der Waals surface area contributed by atoms with Gasteiger partial charge in [0, 0.05) is 5.39 Å². The molecule has 0 fully saturated rings. The lowest BCUT2D eigenvalue weighted by Crippen LogP contribution is -2.08. The van der Waals surface area contributed by atoms with Crippen molar-refractivity contribution in [2.75, 3.05) is 5.73 Å². The van der Waals surface area contributed by atoms with Crippen LogP contribution >= 0.6 is 0 Å². The summed E-state index contributed by atoms with van der Waals surface area (Å²) in [6, 6.07) is 8.20. The fraction of sp³-hybridized carbons (Fsp3) is 0.471. The summed E-state index contributed by atoms with van der Waals surface area (Å²) in [7, 11) is 0. The van der Waals surface area contributed by atoms with Crippen molar-refractivity contribution in [3.05, 3.63) is 36.0 Å². The zero-order chi connectivity index (χ0) is 14.5. The molecule has 0 atom stereocenters. The van der Waals surface area contributed by atoms with Gasteiger partial charge >= 0.3 is 0 Å². The van der Waals surface area contributed by atoms with Crippen molar-refractivity contribution >= 4 is 16.6 Å². The number of nitrogens with two attached hydrogens (primary N) is 1. The van der Waals surface area contributed by atoms with E-state index in [9.17, 15) is 0 Å². The maximum atomic E-state index is 6.05. The van der Waals surface area contributed by atoms with E-state index in [4.69, 9.17) is 5.73 Å². The van der Waals surface area contributed by atoms with Gasteiger partial charge in [-0.2, -0.15) is 0 Å². The van der Waals surface area contributed by atoms with Gasteiger partial charge in [0.15, 0.2) is 0 Å². The zero-order valence-corrected chi connectivity index (χ0v) is 12.8. The van der Waals surface area contributed by atoms with Gasteiger partial charge in [-0.25, -0.2) is 0 Å². The van der Waals surface area contributed by atoms with E-state index in [1.165, 1.54) is 10.9 Å². The Balaban J connectivity index is 0.000000861. The van der Waals surface area contributed by atoms with Crippen molar-refractivity contribution in [1.82, 2.24) is 4.98 Å². The van der Waals surface area contributed by atoms with Crippen LogP contribution in [0.4, 0.5) is 5.69 Å². The zero-order valence-electron chi connectivity index (χ0n) is 12.8. The van der Waals surface area contributed by atoms with Crippen molar-refractivity contribution < 1.29 is 0 Å². The van der Waals surface area contributed by atoms with E-state index in [1.54, 1.807) is 6.20 Å². The highest BCUT2D eigenvalue weighted by Crippen LogP contribution is 2.28. The van der Waals surface area contributed by atoms with E-state index in [-0.39, 0.29) is 0 Å². The summed E-state index contributed by atoms with van der Waals surface area (Å²) in [6.07, 6.45) is 3.92. The first kappa shape index (κ1) is 15.5. The molecule has 2 N–H and O–H groups in total. The normalized spacial score (nSPS) is 11.0. The summed E-state index contributed by atoms with van der Waals surface area (Å²) < 4.78 is 0. The summed E-state index contributed by atoms with van der Waals surface area (Å²) in [5.41, 5.74) is 9.47. The number of nitrogens with zero attached hydrogens (tertiary/aromatic N) is 1. The van der Waals surface area contributed by atoms with Crippen LogP contribution in [0.3, 0.4) is 0 Å². The van der Waals surface area contributed by atoms with Crippen LogP contribution in [0, 0.1) is 5.41 Å². The van der Waals surface area contributed by atoms with Gasteiger partial charge in [0.1, 0.15) is 0 Å². The molecule has 1 aromatic heterocycles. The fourth-order valence-corrected chi connectivity index (χ4v) is 1.99. The molecule has 0 spiro atoms. The molecule has 0 radical (unpaired) electrons. The summed E-state index contributed by atoms with van der Waals surface area (Å²) in [4.78, 5) is 4.36. The van der Waals surface area contributed by atoms with Gasteiger partial charge < -0.3 is 5.73 Å². The second kappa shape index (κ2) is 6.55. The molecular formula is C17H26N2. The number of aromatic nitrogens is 1. The second-order valence-corrected chi connectivity index (χ2v) is 5.77. The van der Waals surface area contributed by atoms with Crippen molar-refractivity contribution in [3.63, 3.8) is 0 Å². The van der Waals surface area contributed by atoms with E-state index < -0.39 is 0 Å². The van der Waals surface area contributed by atoms with Crippen molar-refractivity contribution in [2.24, 2.45) is 5.41 Å². The second-order valence-electron chi connectivity index (χ2n) is 5.77. The van der Waals surface area contributed by atoms with Crippen molar-refractivity contribution in [1.29, 1.82) is 0 Å². The lowest BCUT2D eigenvalue weighted by atomic mass is 9.87. The number of rotatable bonds is 2. The third-order valence-corrected chi connectivity index (χ3v) is 3.05. The first-order valence-corrected chi connectivity index (χ1v) is 7.09. The van der Waals surface area contributed by atoms with Crippen molar-refractivity contribution in [2.45, 2.75) is 47.5 Å². The molecule has 0 unspecified atom stereocenters. The standard InChI is InChI=1S/C15H20N2.C2H6/c1-15(2,3)9-8-11-12-6-4-5-7-14(12)17-10-13(11)16;1-2/h4-7,10H,8-9,16H2,1-3H3;1-2H3. The van der Waals surface area contributed by atoms with E-state index in [1.807, 2.05) is 32.0 Å². The summed E-state index contributed by atoms with van der Waals surface area (Å²) in [5.74, 6) is 0. The molecule has 2 aromatic rings. The monoisotopic (exact) mass is 258 g/mol. The van der Waals surface area contributed by atoms with E-state index >= 15 is 0 Å².